The molecule has 2 N–H and O–H groups in total. The molecule has 0 unspecified atom stereocenters. The third kappa shape index (κ3) is 1.77. The number of aromatic hydroxyl groups is 1. The largest absolute Gasteiger partial charge is 0.507 e. The van der Waals surface area contributed by atoms with Gasteiger partial charge in [0.25, 0.3) is 0 Å². The number of imidazole rings is 1. The third-order valence-electron chi connectivity index (χ3n) is 2.96. The molecule has 6 nitrogen and oxygen atoms in total. The molecule has 2 heterocycles. The number of fused-ring (bicyclic) bond motifs is 1. The van der Waals surface area contributed by atoms with E-state index in [9.17, 15) is 5.11 Å². The van der Waals surface area contributed by atoms with Gasteiger partial charge in [-0.2, -0.15) is 0 Å². The number of anilines is 1. The zero-order chi connectivity index (χ0) is 13.4. The summed E-state index contributed by atoms with van der Waals surface area (Å²) in [5, 5.41) is 21.2. The van der Waals surface area contributed by atoms with Crippen molar-refractivity contribution in [2.24, 2.45) is 0 Å². The molecule has 96 valence electrons. The highest BCUT2D eigenvalue weighted by Crippen LogP contribution is 2.29. The van der Waals surface area contributed by atoms with Crippen molar-refractivity contribution < 1.29 is 5.11 Å². The molecule has 0 aliphatic heterocycles. The summed E-state index contributed by atoms with van der Waals surface area (Å²) in [5.74, 6) is 1.34. The van der Waals surface area contributed by atoms with Gasteiger partial charge in [0.2, 0.25) is 0 Å². The lowest BCUT2D eigenvalue weighted by molar-refractivity contribution is 0.476. The highest BCUT2D eigenvalue weighted by molar-refractivity contribution is 5.70. The predicted molar refractivity (Wildman–Crippen MR) is 72.2 cm³/mol. The highest BCUT2D eigenvalue weighted by atomic mass is 16.3. The Morgan fingerprint density at radius 3 is 2.84 bits per heavy atom. The van der Waals surface area contributed by atoms with Crippen molar-refractivity contribution in [3.8, 4) is 17.1 Å². The average Bonchev–Trinajstić information content (AvgIpc) is 2.87. The van der Waals surface area contributed by atoms with Crippen LogP contribution in [0.2, 0.25) is 0 Å². The van der Waals surface area contributed by atoms with E-state index in [0.717, 1.165) is 5.56 Å². The van der Waals surface area contributed by atoms with Crippen molar-refractivity contribution in [3.05, 3.63) is 36.2 Å². The summed E-state index contributed by atoms with van der Waals surface area (Å²) in [7, 11) is 1.77. The summed E-state index contributed by atoms with van der Waals surface area (Å²) in [6, 6.07) is 5.45. The summed E-state index contributed by atoms with van der Waals surface area (Å²) in [6.07, 6.45) is 3.47. The zero-order valence-corrected chi connectivity index (χ0v) is 10.6. The minimum atomic E-state index is 0.182. The Morgan fingerprint density at radius 1 is 1.26 bits per heavy atom. The van der Waals surface area contributed by atoms with E-state index in [0.29, 0.717) is 22.9 Å². The van der Waals surface area contributed by atoms with Crippen LogP contribution in [0, 0.1) is 6.92 Å². The fraction of sp³-hybridized carbons (Fsp3) is 0.154. The number of aromatic nitrogens is 4. The molecule has 3 aromatic rings. The molecular weight excluding hydrogens is 242 g/mol. The van der Waals surface area contributed by atoms with Crippen LogP contribution in [-0.2, 0) is 0 Å². The second kappa shape index (κ2) is 4.24. The molecule has 6 heteroatoms. The maximum atomic E-state index is 10.1. The number of phenolic OH excluding ortho intramolecular Hbond substituents is 1. The average molecular weight is 255 g/mol. The van der Waals surface area contributed by atoms with Crippen LogP contribution in [0.3, 0.4) is 0 Å². The van der Waals surface area contributed by atoms with Crippen LogP contribution >= 0.6 is 0 Å². The second-order valence-electron chi connectivity index (χ2n) is 4.26. The first-order valence-corrected chi connectivity index (χ1v) is 5.88. The van der Waals surface area contributed by atoms with Gasteiger partial charge in [-0.25, -0.2) is 4.98 Å². The van der Waals surface area contributed by atoms with E-state index in [2.05, 4.69) is 20.5 Å². The number of nitrogens with zero attached hydrogens (tertiary/aromatic N) is 4. The number of phenols is 1. The first kappa shape index (κ1) is 11.5. The summed E-state index contributed by atoms with van der Waals surface area (Å²) in [6.45, 7) is 1.92. The van der Waals surface area contributed by atoms with Gasteiger partial charge in [-0.15, -0.1) is 10.2 Å². The smallest absolute Gasteiger partial charge is 0.192 e. The number of benzene rings is 1. The standard InChI is InChI=1S/C13H13N5O/c1-8-3-4-9(10(19)7-8)12-17-16-11(14-2)13-15-5-6-18(12)13/h3-7,19H,1-2H3,(H,14,16). The maximum absolute atomic E-state index is 10.1. The van der Waals surface area contributed by atoms with E-state index >= 15 is 0 Å². The maximum Gasteiger partial charge on any atom is 0.192 e. The molecule has 0 saturated carbocycles. The molecule has 0 saturated heterocycles. The molecule has 2 aromatic heterocycles. The first-order chi connectivity index (χ1) is 9.20. The summed E-state index contributed by atoms with van der Waals surface area (Å²) >= 11 is 0. The van der Waals surface area contributed by atoms with Crippen molar-refractivity contribution in [1.29, 1.82) is 0 Å². The Bertz CT molecular complexity index is 750. The SMILES string of the molecule is CNc1nnc(-c2ccc(C)cc2O)n2ccnc12. The third-order valence-corrected chi connectivity index (χ3v) is 2.96. The van der Waals surface area contributed by atoms with E-state index < -0.39 is 0 Å². The Morgan fingerprint density at radius 2 is 2.11 bits per heavy atom. The lowest BCUT2D eigenvalue weighted by Gasteiger charge is -2.08. The Balaban J connectivity index is 2.28. The highest BCUT2D eigenvalue weighted by Gasteiger charge is 2.13. The van der Waals surface area contributed by atoms with Gasteiger partial charge in [0.15, 0.2) is 17.3 Å². The normalized spacial score (nSPS) is 10.8. The monoisotopic (exact) mass is 255 g/mol. The minimum Gasteiger partial charge on any atom is -0.507 e. The number of nitrogens with one attached hydrogen (secondary N) is 1. The van der Waals surface area contributed by atoms with E-state index in [4.69, 9.17) is 0 Å². The Labute approximate surface area is 109 Å². The lowest BCUT2D eigenvalue weighted by atomic mass is 10.1. The van der Waals surface area contributed by atoms with Gasteiger partial charge < -0.3 is 10.4 Å². The molecule has 0 fully saturated rings. The predicted octanol–water partition coefficient (Wildman–Crippen LogP) is 1.85. The van der Waals surface area contributed by atoms with E-state index in [-0.39, 0.29) is 5.75 Å². The quantitative estimate of drug-likeness (QED) is 0.731. The summed E-state index contributed by atoms with van der Waals surface area (Å²) in [5.41, 5.74) is 2.29. The van der Waals surface area contributed by atoms with Crippen molar-refractivity contribution in [1.82, 2.24) is 19.6 Å². The number of hydrogen-bond acceptors (Lipinski definition) is 5. The van der Waals surface area contributed by atoms with E-state index in [1.54, 1.807) is 29.9 Å². The minimum absolute atomic E-state index is 0.182. The molecular formula is C13H13N5O. The number of hydrogen-bond donors (Lipinski definition) is 2. The van der Waals surface area contributed by atoms with Crippen molar-refractivity contribution in [3.63, 3.8) is 0 Å². The van der Waals surface area contributed by atoms with Gasteiger partial charge in [0, 0.05) is 19.4 Å². The fourth-order valence-corrected chi connectivity index (χ4v) is 2.02. The van der Waals surface area contributed by atoms with Gasteiger partial charge in [-0.05, 0) is 24.6 Å². The van der Waals surface area contributed by atoms with Gasteiger partial charge in [0.1, 0.15) is 5.75 Å². The fourth-order valence-electron chi connectivity index (χ4n) is 2.02. The first-order valence-electron chi connectivity index (χ1n) is 5.88. The zero-order valence-electron chi connectivity index (χ0n) is 10.6. The van der Waals surface area contributed by atoms with Crippen molar-refractivity contribution >= 4 is 11.5 Å². The number of aryl methyl sites for hydroxylation is 1. The molecule has 0 amide bonds. The summed E-state index contributed by atoms with van der Waals surface area (Å²) in [4.78, 5) is 4.24. The van der Waals surface area contributed by atoms with Crippen LogP contribution in [0.4, 0.5) is 5.82 Å². The second-order valence-corrected chi connectivity index (χ2v) is 4.26. The molecule has 0 radical (unpaired) electrons. The van der Waals surface area contributed by atoms with Crippen LogP contribution in [0.1, 0.15) is 5.56 Å². The summed E-state index contributed by atoms with van der Waals surface area (Å²) < 4.78 is 1.79. The molecule has 0 spiro atoms. The molecule has 0 aliphatic rings. The van der Waals surface area contributed by atoms with Crippen LogP contribution in [0.15, 0.2) is 30.6 Å². The topological polar surface area (TPSA) is 75.3 Å². The van der Waals surface area contributed by atoms with Crippen molar-refractivity contribution in [2.75, 3.05) is 12.4 Å². The van der Waals surface area contributed by atoms with Gasteiger partial charge >= 0.3 is 0 Å². The van der Waals surface area contributed by atoms with Gasteiger partial charge in [-0.1, -0.05) is 6.07 Å². The van der Waals surface area contributed by atoms with E-state index in [1.165, 1.54) is 0 Å². The molecule has 3 rings (SSSR count). The van der Waals surface area contributed by atoms with Crippen molar-refractivity contribution in [2.45, 2.75) is 6.92 Å². The molecule has 0 atom stereocenters. The lowest BCUT2D eigenvalue weighted by Crippen LogP contribution is -2.03. The number of rotatable bonds is 2. The molecule has 1 aromatic carbocycles. The molecule has 0 bridgehead atoms. The molecule has 0 aliphatic carbocycles. The Hall–Kier alpha value is -2.63. The molecule has 19 heavy (non-hydrogen) atoms. The van der Waals surface area contributed by atoms with Crippen LogP contribution < -0.4 is 5.32 Å². The van der Waals surface area contributed by atoms with Crippen LogP contribution in [0.25, 0.3) is 17.0 Å². The van der Waals surface area contributed by atoms with E-state index in [1.807, 2.05) is 19.1 Å². The van der Waals surface area contributed by atoms with Crippen LogP contribution in [0.5, 0.6) is 5.75 Å². The Kier molecular flexibility index (Phi) is 2.56. The van der Waals surface area contributed by atoms with Gasteiger partial charge in [-0.3, -0.25) is 4.40 Å². The van der Waals surface area contributed by atoms with Crippen LogP contribution in [-0.4, -0.2) is 31.7 Å². The van der Waals surface area contributed by atoms with Gasteiger partial charge in [0.05, 0.1) is 5.56 Å².